The summed E-state index contributed by atoms with van der Waals surface area (Å²) in [5.41, 5.74) is 0. The zero-order chi connectivity index (χ0) is 7.56. The molecule has 0 radical (unpaired) electrons. The maximum Gasteiger partial charge on any atom is 0.293 e. The number of methoxy groups -OCH3 is 1. The molecule has 5 heteroatoms. The molecule has 1 N–H and O–H groups in total. The maximum absolute atomic E-state index is 6.67. The van der Waals surface area contributed by atoms with E-state index in [2.05, 4.69) is 15.0 Å². The zero-order valence-electron chi connectivity index (χ0n) is 5.18. The molecule has 1 rings (SSSR count). The second-order valence-corrected chi connectivity index (χ2v) is 2.53. The van der Waals surface area contributed by atoms with Gasteiger partial charge >= 0.3 is 0 Å². The molecule has 0 fully saturated rings. The van der Waals surface area contributed by atoms with Crippen LogP contribution in [0.15, 0.2) is 0 Å². The van der Waals surface area contributed by atoms with Gasteiger partial charge < -0.3 is 9.58 Å². The highest BCUT2D eigenvalue weighted by Gasteiger charge is 2.09. The van der Waals surface area contributed by atoms with Crippen LogP contribution in [0.3, 0.4) is 0 Å². The Hall–Kier alpha value is -0.770. The third-order valence-corrected chi connectivity index (χ3v) is 1.71. The number of nitrogens with zero attached hydrogens (tertiary/aromatic N) is 2. The van der Waals surface area contributed by atoms with E-state index in [-0.39, 0.29) is 0 Å². The minimum absolute atomic E-state index is 0.354. The van der Waals surface area contributed by atoms with Crippen molar-refractivity contribution in [1.29, 1.82) is 0 Å². The molecule has 0 aliphatic carbocycles. The average molecular weight is 249 g/mol. The Balaban J connectivity index is 3.16. The Bertz CT molecular complexity index is 275. The van der Waals surface area contributed by atoms with E-state index in [1.165, 1.54) is 7.11 Å². The van der Waals surface area contributed by atoms with Gasteiger partial charge in [0.2, 0.25) is 0 Å². The second kappa shape index (κ2) is 2.88. The summed E-state index contributed by atoms with van der Waals surface area (Å²) in [5, 5.41) is 6.32. The highest BCUT2D eigenvalue weighted by molar-refractivity contribution is 14.1. The molecule has 52 valence electrons. The van der Waals surface area contributed by atoms with Gasteiger partial charge in [0.1, 0.15) is 0 Å². The minimum atomic E-state index is 0.354. The molecule has 0 aliphatic rings. The van der Waals surface area contributed by atoms with E-state index in [0.29, 0.717) is 15.3 Å². The number of aromatic amines is 1. The van der Waals surface area contributed by atoms with Crippen LogP contribution in [0.4, 0.5) is 5.82 Å². The summed E-state index contributed by atoms with van der Waals surface area (Å²) >= 11 is 1.99. The molecule has 1 aromatic rings. The van der Waals surface area contributed by atoms with E-state index < -0.39 is 0 Å². The van der Waals surface area contributed by atoms with E-state index in [1.807, 2.05) is 22.6 Å². The third-order valence-electron chi connectivity index (χ3n) is 0.978. The topological polar surface area (TPSA) is 42.3 Å². The van der Waals surface area contributed by atoms with Crippen LogP contribution in [0.25, 0.3) is 4.85 Å². The van der Waals surface area contributed by atoms with Crippen molar-refractivity contribution < 1.29 is 4.74 Å². The van der Waals surface area contributed by atoms with Gasteiger partial charge in [0.25, 0.3) is 5.82 Å². The number of hydrogen-bond donors (Lipinski definition) is 1. The van der Waals surface area contributed by atoms with Gasteiger partial charge in [-0.2, -0.15) is 0 Å². The average Bonchev–Trinajstić information content (AvgIpc) is 2.30. The monoisotopic (exact) mass is 249 g/mol. The Morgan fingerprint density at radius 1 is 1.80 bits per heavy atom. The van der Waals surface area contributed by atoms with Crippen molar-refractivity contribution in [3.8, 4) is 5.75 Å². The molecular weight excluding hydrogens is 245 g/mol. The summed E-state index contributed by atoms with van der Waals surface area (Å²) in [6.07, 6.45) is 0. The number of aromatic nitrogens is 2. The quantitative estimate of drug-likeness (QED) is 0.606. The molecule has 0 saturated carbocycles. The highest BCUT2D eigenvalue weighted by atomic mass is 127. The number of nitrogens with one attached hydrogen (secondary N) is 1. The van der Waals surface area contributed by atoms with Crippen molar-refractivity contribution in [2.45, 2.75) is 0 Å². The molecule has 1 heterocycles. The third kappa shape index (κ3) is 1.07. The summed E-state index contributed by atoms with van der Waals surface area (Å²) in [6.45, 7) is 6.67. The fraction of sp³-hybridized carbons (Fsp3) is 0.200. The fourth-order valence-corrected chi connectivity index (χ4v) is 1.15. The molecule has 1 aromatic heterocycles. The van der Waals surface area contributed by atoms with Gasteiger partial charge in [-0.15, -0.1) is 0 Å². The lowest BCUT2D eigenvalue weighted by Gasteiger charge is -1.93. The number of ether oxygens (including phenoxy) is 1. The smallest absolute Gasteiger partial charge is 0.293 e. The van der Waals surface area contributed by atoms with Crippen molar-refractivity contribution in [1.82, 2.24) is 10.2 Å². The Morgan fingerprint density at radius 2 is 2.50 bits per heavy atom. The van der Waals surface area contributed by atoms with Crippen LogP contribution in [0, 0.1) is 10.3 Å². The van der Waals surface area contributed by atoms with E-state index in [0.717, 1.165) is 0 Å². The van der Waals surface area contributed by atoms with Gasteiger partial charge in [0.15, 0.2) is 9.45 Å². The van der Waals surface area contributed by atoms with Crippen LogP contribution in [-0.2, 0) is 0 Å². The first-order chi connectivity index (χ1) is 4.79. The largest absolute Gasteiger partial charge is 0.503 e. The first kappa shape index (κ1) is 7.34. The van der Waals surface area contributed by atoms with Crippen molar-refractivity contribution >= 4 is 28.4 Å². The van der Waals surface area contributed by atoms with E-state index >= 15 is 0 Å². The summed E-state index contributed by atoms with van der Waals surface area (Å²) in [7, 11) is 1.52. The predicted molar refractivity (Wildman–Crippen MR) is 44.1 cm³/mol. The van der Waals surface area contributed by atoms with Gasteiger partial charge in [0.05, 0.1) is 7.11 Å². The van der Waals surface area contributed by atoms with E-state index in [9.17, 15) is 0 Å². The summed E-state index contributed by atoms with van der Waals surface area (Å²) in [5.74, 6) is 0.877. The Kier molecular flexibility index (Phi) is 2.11. The van der Waals surface area contributed by atoms with Gasteiger partial charge in [-0.3, -0.25) is 0 Å². The normalized spacial score (nSPS) is 8.90. The van der Waals surface area contributed by atoms with Gasteiger partial charge in [-0.25, -0.2) is 5.10 Å². The number of rotatable bonds is 1. The lowest BCUT2D eigenvalue weighted by molar-refractivity contribution is 0.414. The molecular formula is C5H4IN3O. The van der Waals surface area contributed by atoms with Gasteiger partial charge in [-0.05, 0) is 22.6 Å². The highest BCUT2D eigenvalue weighted by Crippen LogP contribution is 2.28. The lowest BCUT2D eigenvalue weighted by atomic mass is 10.6. The molecule has 0 bridgehead atoms. The number of hydrogen-bond acceptors (Lipinski definition) is 2. The Labute approximate surface area is 71.5 Å². The molecule has 0 atom stereocenters. The number of halogens is 1. The van der Waals surface area contributed by atoms with Gasteiger partial charge in [0, 0.05) is 0 Å². The summed E-state index contributed by atoms with van der Waals surface area (Å²) in [4.78, 5) is 3.16. The Morgan fingerprint density at radius 3 is 2.90 bits per heavy atom. The molecule has 0 aliphatic heterocycles. The zero-order valence-corrected chi connectivity index (χ0v) is 7.34. The van der Waals surface area contributed by atoms with Crippen molar-refractivity contribution in [3.63, 3.8) is 0 Å². The van der Waals surface area contributed by atoms with Crippen LogP contribution >= 0.6 is 22.6 Å². The molecule has 4 nitrogen and oxygen atoms in total. The molecule has 0 saturated heterocycles. The summed E-state index contributed by atoms with van der Waals surface area (Å²) in [6, 6.07) is 0. The summed E-state index contributed by atoms with van der Waals surface area (Å²) < 4.78 is 5.58. The van der Waals surface area contributed by atoms with Crippen LogP contribution in [0.5, 0.6) is 5.75 Å². The first-order valence-corrected chi connectivity index (χ1v) is 3.52. The SMILES string of the molecule is [C-]#[N+]c1[nH]nc(I)c1OC. The standard InChI is InChI=1S/C5H4IN3O/c1-7-5-3(10-2)4(6)8-9-5/h2H3,(H,8,9). The van der Waals surface area contributed by atoms with Crippen LogP contribution < -0.4 is 4.74 Å². The van der Waals surface area contributed by atoms with E-state index in [1.54, 1.807) is 0 Å². The van der Waals surface area contributed by atoms with Crippen molar-refractivity contribution in [3.05, 3.63) is 15.1 Å². The molecule has 0 unspecified atom stereocenters. The van der Waals surface area contributed by atoms with Crippen molar-refractivity contribution in [2.24, 2.45) is 0 Å². The van der Waals surface area contributed by atoms with Crippen molar-refractivity contribution in [2.75, 3.05) is 7.11 Å². The van der Waals surface area contributed by atoms with E-state index in [4.69, 9.17) is 11.3 Å². The van der Waals surface area contributed by atoms with Crippen LogP contribution in [0.1, 0.15) is 0 Å². The fourth-order valence-electron chi connectivity index (χ4n) is 0.558. The molecule has 0 aromatic carbocycles. The molecule has 0 spiro atoms. The van der Waals surface area contributed by atoms with Gasteiger partial charge in [-0.1, -0.05) is 11.7 Å². The van der Waals surface area contributed by atoms with Crippen LogP contribution in [0.2, 0.25) is 0 Å². The predicted octanol–water partition coefficient (Wildman–Crippen LogP) is 1.57. The second-order valence-electron chi connectivity index (χ2n) is 1.51. The minimum Gasteiger partial charge on any atom is -0.503 e. The molecule has 10 heavy (non-hydrogen) atoms. The number of H-pyrrole nitrogens is 1. The van der Waals surface area contributed by atoms with Crippen LogP contribution in [-0.4, -0.2) is 17.3 Å². The molecule has 0 amide bonds. The maximum atomic E-state index is 6.67. The first-order valence-electron chi connectivity index (χ1n) is 2.45. The lowest BCUT2D eigenvalue weighted by Crippen LogP contribution is -1.81.